The van der Waals surface area contributed by atoms with Gasteiger partial charge in [-0.05, 0) is 37.5 Å². The number of nitrogens with zero attached hydrogens (tertiary/aromatic N) is 1. The van der Waals surface area contributed by atoms with E-state index in [1.54, 1.807) is 0 Å². The highest BCUT2D eigenvalue weighted by Crippen LogP contribution is 2.41. The highest BCUT2D eigenvalue weighted by Gasteiger charge is 2.40. The molecule has 2 unspecified atom stereocenters. The van der Waals surface area contributed by atoms with Crippen molar-refractivity contribution in [1.82, 2.24) is 10.3 Å². The van der Waals surface area contributed by atoms with Gasteiger partial charge in [0, 0.05) is 17.5 Å². The number of nitrogens with two attached hydrogens (primary N) is 1. The summed E-state index contributed by atoms with van der Waals surface area (Å²) in [6.45, 7) is 0.400. The van der Waals surface area contributed by atoms with Crippen LogP contribution in [0.15, 0.2) is 41.1 Å². The molecule has 1 aromatic heterocycles. The molecular weight excluding hydrogens is 350 g/mol. The molecule has 2 fully saturated rings. The minimum atomic E-state index is 0. The summed E-state index contributed by atoms with van der Waals surface area (Å²) in [5.41, 5.74) is 8.07. The number of aromatic nitrogens is 1. The number of carbonyl (C=O) groups is 1. The van der Waals surface area contributed by atoms with Crippen molar-refractivity contribution in [3.05, 3.63) is 42.4 Å². The van der Waals surface area contributed by atoms with Gasteiger partial charge in [0.15, 0.2) is 12.2 Å². The lowest BCUT2D eigenvalue weighted by molar-refractivity contribution is -0.128. The number of hydrogen-bond acceptors (Lipinski definition) is 4. The number of oxazole rings is 1. The van der Waals surface area contributed by atoms with Crippen LogP contribution >= 0.6 is 12.4 Å². The van der Waals surface area contributed by atoms with E-state index in [-0.39, 0.29) is 30.3 Å². The summed E-state index contributed by atoms with van der Waals surface area (Å²) in [7, 11) is 0. The molecule has 1 heterocycles. The molecule has 1 amide bonds. The van der Waals surface area contributed by atoms with E-state index in [1.165, 1.54) is 25.7 Å². The van der Waals surface area contributed by atoms with E-state index < -0.39 is 0 Å². The second-order valence-corrected chi connectivity index (χ2v) is 7.41. The van der Waals surface area contributed by atoms with Gasteiger partial charge in [-0.25, -0.2) is 4.98 Å². The lowest BCUT2D eigenvalue weighted by atomic mass is 9.65. The van der Waals surface area contributed by atoms with Gasteiger partial charge in [0.25, 0.3) is 0 Å². The molecule has 2 aliphatic rings. The molecule has 0 spiro atoms. The maximum Gasteiger partial charge on any atom is 0.223 e. The van der Waals surface area contributed by atoms with Crippen LogP contribution in [0, 0.1) is 17.8 Å². The van der Waals surface area contributed by atoms with E-state index in [9.17, 15) is 4.79 Å². The monoisotopic (exact) mass is 375 g/mol. The van der Waals surface area contributed by atoms with Crippen molar-refractivity contribution in [3.63, 3.8) is 0 Å². The van der Waals surface area contributed by atoms with Gasteiger partial charge in [0.1, 0.15) is 5.69 Å². The van der Waals surface area contributed by atoms with Crippen LogP contribution in [0.3, 0.4) is 0 Å². The highest BCUT2D eigenvalue weighted by molar-refractivity contribution is 5.85. The summed E-state index contributed by atoms with van der Waals surface area (Å²) in [4.78, 5) is 16.9. The summed E-state index contributed by atoms with van der Waals surface area (Å²) < 4.78 is 5.52. The van der Waals surface area contributed by atoms with Crippen molar-refractivity contribution < 1.29 is 9.21 Å². The second-order valence-electron chi connectivity index (χ2n) is 7.41. The standard InChI is InChI=1S/C20H25N3O2.ClH/c21-18-14-7-4-8-15(18)10-16(9-14)20(24)22-11-17-19(25-12-23-17)13-5-2-1-3-6-13;/h1-3,5-6,12,14-16,18H,4,7-11,21H2,(H,22,24);1H. The molecule has 26 heavy (non-hydrogen) atoms. The van der Waals surface area contributed by atoms with Crippen LogP contribution in [-0.2, 0) is 11.3 Å². The third kappa shape index (κ3) is 3.79. The van der Waals surface area contributed by atoms with Crippen molar-refractivity contribution in [2.45, 2.75) is 44.7 Å². The number of fused-ring (bicyclic) bond motifs is 2. The largest absolute Gasteiger partial charge is 0.443 e. The zero-order valence-electron chi connectivity index (χ0n) is 14.8. The first-order chi connectivity index (χ1) is 12.2. The van der Waals surface area contributed by atoms with Gasteiger partial charge in [-0.2, -0.15) is 0 Å². The van der Waals surface area contributed by atoms with E-state index in [0.29, 0.717) is 18.4 Å². The van der Waals surface area contributed by atoms with E-state index in [0.717, 1.165) is 29.9 Å². The maximum atomic E-state index is 12.7. The van der Waals surface area contributed by atoms with E-state index >= 15 is 0 Å². The molecule has 4 rings (SSSR count). The third-order valence-electron chi connectivity index (χ3n) is 5.89. The first-order valence-electron chi connectivity index (χ1n) is 9.23. The molecule has 2 aromatic rings. The fourth-order valence-corrected chi connectivity index (χ4v) is 4.54. The number of carbonyl (C=O) groups excluding carboxylic acids is 1. The minimum Gasteiger partial charge on any atom is -0.443 e. The number of rotatable bonds is 4. The number of benzene rings is 1. The Morgan fingerprint density at radius 2 is 1.88 bits per heavy atom. The zero-order chi connectivity index (χ0) is 17.2. The smallest absolute Gasteiger partial charge is 0.223 e. The van der Waals surface area contributed by atoms with Crippen LogP contribution in [0.4, 0.5) is 0 Å². The van der Waals surface area contributed by atoms with Crippen molar-refractivity contribution in [1.29, 1.82) is 0 Å². The predicted molar refractivity (Wildman–Crippen MR) is 103 cm³/mol. The van der Waals surface area contributed by atoms with Crippen molar-refractivity contribution in [3.8, 4) is 11.3 Å². The normalized spacial score (nSPS) is 27.4. The van der Waals surface area contributed by atoms with Crippen molar-refractivity contribution in [2.24, 2.45) is 23.5 Å². The van der Waals surface area contributed by atoms with E-state index in [2.05, 4.69) is 10.3 Å². The molecule has 140 valence electrons. The van der Waals surface area contributed by atoms with Crippen LogP contribution in [0.2, 0.25) is 0 Å². The average molecular weight is 376 g/mol. The Hall–Kier alpha value is -1.85. The molecular formula is C20H26ClN3O2. The minimum absolute atomic E-state index is 0. The number of halogens is 1. The maximum absolute atomic E-state index is 12.7. The number of nitrogens with one attached hydrogen (secondary N) is 1. The van der Waals surface area contributed by atoms with Gasteiger partial charge in [-0.15, -0.1) is 12.4 Å². The Labute approximate surface area is 160 Å². The van der Waals surface area contributed by atoms with Gasteiger partial charge in [0.2, 0.25) is 5.91 Å². The topological polar surface area (TPSA) is 81.2 Å². The molecule has 6 heteroatoms. The molecule has 2 saturated carbocycles. The third-order valence-corrected chi connectivity index (χ3v) is 5.89. The molecule has 0 aliphatic heterocycles. The van der Waals surface area contributed by atoms with Crippen molar-refractivity contribution >= 4 is 18.3 Å². The number of amides is 1. The van der Waals surface area contributed by atoms with Crippen molar-refractivity contribution in [2.75, 3.05) is 0 Å². The summed E-state index contributed by atoms with van der Waals surface area (Å²) in [5.74, 6) is 1.96. The zero-order valence-corrected chi connectivity index (χ0v) is 15.6. The summed E-state index contributed by atoms with van der Waals surface area (Å²) in [6.07, 6.45) is 6.89. The molecule has 0 radical (unpaired) electrons. The van der Waals surface area contributed by atoms with Gasteiger partial charge in [-0.1, -0.05) is 36.8 Å². The fourth-order valence-electron chi connectivity index (χ4n) is 4.54. The molecule has 1 aromatic carbocycles. The van der Waals surface area contributed by atoms with Gasteiger partial charge in [0.05, 0.1) is 6.54 Å². The predicted octanol–water partition coefficient (Wildman–Crippen LogP) is 3.53. The van der Waals surface area contributed by atoms with Gasteiger partial charge in [-0.3, -0.25) is 4.79 Å². The quantitative estimate of drug-likeness (QED) is 0.856. The Kier molecular flexibility index (Phi) is 5.99. The van der Waals surface area contributed by atoms with Crippen LogP contribution in [0.25, 0.3) is 11.3 Å². The summed E-state index contributed by atoms with van der Waals surface area (Å²) in [6, 6.07) is 10.1. The van der Waals surface area contributed by atoms with Crippen LogP contribution < -0.4 is 11.1 Å². The Morgan fingerprint density at radius 3 is 2.58 bits per heavy atom. The molecule has 2 atom stereocenters. The van der Waals surface area contributed by atoms with Crippen LogP contribution in [-0.4, -0.2) is 16.9 Å². The molecule has 3 N–H and O–H groups in total. The average Bonchev–Trinajstić information content (AvgIpc) is 3.09. The lowest BCUT2D eigenvalue weighted by Crippen LogP contribution is -2.49. The van der Waals surface area contributed by atoms with Gasteiger partial charge < -0.3 is 15.5 Å². The summed E-state index contributed by atoms with van der Waals surface area (Å²) in [5, 5.41) is 3.07. The Balaban J connectivity index is 0.00000196. The second kappa shape index (κ2) is 8.23. The number of hydrogen-bond donors (Lipinski definition) is 2. The SMILES string of the molecule is Cl.NC1C2CCCC1CC(C(=O)NCc1ncoc1-c1ccccc1)C2. The van der Waals surface area contributed by atoms with Gasteiger partial charge >= 0.3 is 0 Å². The first kappa shape index (κ1) is 18.9. The van der Waals surface area contributed by atoms with Crippen LogP contribution in [0.5, 0.6) is 0 Å². The summed E-state index contributed by atoms with van der Waals surface area (Å²) >= 11 is 0. The van der Waals surface area contributed by atoms with E-state index in [1.807, 2.05) is 30.3 Å². The Bertz CT molecular complexity index is 720. The first-order valence-corrected chi connectivity index (χ1v) is 9.23. The van der Waals surface area contributed by atoms with E-state index in [4.69, 9.17) is 10.2 Å². The molecule has 2 aliphatic carbocycles. The lowest BCUT2D eigenvalue weighted by Gasteiger charge is -2.43. The molecule has 0 saturated heterocycles. The highest BCUT2D eigenvalue weighted by atomic mass is 35.5. The Morgan fingerprint density at radius 1 is 1.19 bits per heavy atom. The van der Waals surface area contributed by atoms with Crippen LogP contribution in [0.1, 0.15) is 37.8 Å². The molecule has 5 nitrogen and oxygen atoms in total. The molecule has 2 bridgehead atoms. The fraction of sp³-hybridized carbons (Fsp3) is 0.500.